The summed E-state index contributed by atoms with van der Waals surface area (Å²) in [4.78, 5) is 0. The van der Waals surface area contributed by atoms with Crippen molar-refractivity contribution >= 4 is 0 Å². The Labute approximate surface area is 112 Å². The minimum Gasteiger partial charge on any atom is -0.316 e. The van der Waals surface area contributed by atoms with Crippen molar-refractivity contribution < 1.29 is 5.82 Å². The number of nitrogens with one attached hydrogen (secondary N) is 1. The molecular formula is C16H28FN. The van der Waals surface area contributed by atoms with Gasteiger partial charge in [-0.1, -0.05) is 33.3 Å². The largest absolute Gasteiger partial charge is 0.316 e. The third kappa shape index (κ3) is 3.55. The monoisotopic (exact) mass is 253 g/mol. The molecule has 1 atom stereocenters. The van der Waals surface area contributed by atoms with E-state index in [2.05, 4.69) is 33.0 Å². The van der Waals surface area contributed by atoms with Crippen molar-refractivity contribution in [3.63, 3.8) is 0 Å². The first kappa shape index (κ1) is 15.2. The highest BCUT2D eigenvalue weighted by atomic mass is 19.1. The Balaban J connectivity index is 0.000000742. The van der Waals surface area contributed by atoms with E-state index in [9.17, 15) is 4.39 Å². The maximum Gasteiger partial charge on any atom is 0.126 e. The normalized spacial score (nSPS) is 16.6. The number of hydrogen-bond donors (Lipinski definition) is 1. The van der Waals surface area contributed by atoms with Crippen LogP contribution >= 0.6 is 0 Å². The zero-order valence-corrected chi connectivity index (χ0v) is 12.3. The van der Waals surface area contributed by atoms with E-state index >= 15 is 0 Å². The quantitative estimate of drug-likeness (QED) is 0.822. The summed E-state index contributed by atoms with van der Waals surface area (Å²) < 4.78 is 13.5. The van der Waals surface area contributed by atoms with Crippen molar-refractivity contribution in [3.05, 3.63) is 34.6 Å². The molecule has 0 amide bonds. The van der Waals surface area contributed by atoms with Crippen LogP contribution in [0.25, 0.3) is 0 Å². The first-order valence-corrected chi connectivity index (χ1v) is 6.98. The van der Waals surface area contributed by atoms with Gasteiger partial charge in [-0.3, -0.25) is 0 Å². The molecular weight excluding hydrogens is 225 g/mol. The van der Waals surface area contributed by atoms with E-state index in [0.29, 0.717) is 11.8 Å². The molecule has 1 N–H and O–H groups in total. The van der Waals surface area contributed by atoms with Gasteiger partial charge in [0.2, 0.25) is 0 Å². The molecule has 1 heterocycles. The molecule has 1 nitrogen and oxygen atoms in total. The zero-order valence-electron chi connectivity index (χ0n) is 12.3. The fourth-order valence-electron chi connectivity index (χ4n) is 2.25. The molecule has 1 saturated heterocycles. The predicted octanol–water partition coefficient (Wildman–Crippen LogP) is 4.43. The fraction of sp³-hybridized carbons (Fsp3) is 0.625. The number of halogens is 1. The van der Waals surface area contributed by atoms with E-state index < -0.39 is 0 Å². The summed E-state index contributed by atoms with van der Waals surface area (Å²) in [6.45, 7) is 12.5. The van der Waals surface area contributed by atoms with Crippen LogP contribution in [0.1, 0.15) is 51.2 Å². The molecule has 0 radical (unpaired) electrons. The number of hydrogen-bond acceptors (Lipinski definition) is 1. The summed E-state index contributed by atoms with van der Waals surface area (Å²) in [5.41, 5.74) is 3.13. The average molecular weight is 253 g/mol. The minimum absolute atomic E-state index is 0. The molecule has 0 bridgehead atoms. The molecule has 0 saturated carbocycles. The highest BCUT2D eigenvalue weighted by Crippen LogP contribution is 2.30. The van der Waals surface area contributed by atoms with Gasteiger partial charge in [-0.25, -0.2) is 4.39 Å². The first-order valence-electron chi connectivity index (χ1n) is 6.98. The molecule has 18 heavy (non-hydrogen) atoms. The Morgan fingerprint density at radius 2 is 1.83 bits per heavy atom. The molecule has 2 rings (SSSR count). The molecule has 0 spiro atoms. The Bertz CT molecular complexity index is 389. The Morgan fingerprint density at radius 1 is 1.28 bits per heavy atom. The summed E-state index contributed by atoms with van der Waals surface area (Å²) >= 11 is 0. The van der Waals surface area contributed by atoms with Gasteiger partial charge in [-0.2, -0.15) is 0 Å². The smallest absolute Gasteiger partial charge is 0.126 e. The molecule has 1 aliphatic heterocycles. The number of rotatable bonds is 2. The summed E-state index contributed by atoms with van der Waals surface area (Å²) in [5, 5.41) is 3.26. The molecule has 0 unspecified atom stereocenters. The van der Waals surface area contributed by atoms with Crippen LogP contribution in [-0.2, 0) is 0 Å². The van der Waals surface area contributed by atoms with Crippen LogP contribution in [0, 0.1) is 25.6 Å². The second-order valence-electron chi connectivity index (χ2n) is 5.37. The predicted molar refractivity (Wildman–Crippen MR) is 78.7 cm³/mol. The molecule has 1 fully saturated rings. The van der Waals surface area contributed by atoms with E-state index in [4.69, 9.17) is 0 Å². The van der Waals surface area contributed by atoms with E-state index in [1.807, 2.05) is 13.0 Å². The van der Waals surface area contributed by atoms with Gasteiger partial charge in [0.1, 0.15) is 5.82 Å². The second kappa shape index (κ2) is 6.89. The van der Waals surface area contributed by atoms with Crippen molar-refractivity contribution in [2.24, 2.45) is 5.92 Å². The molecule has 0 aromatic heterocycles. The zero-order chi connectivity index (χ0) is 13.7. The van der Waals surface area contributed by atoms with Crippen LogP contribution in [0.15, 0.2) is 12.1 Å². The molecule has 1 aliphatic rings. The molecule has 104 valence electrons. The van der Waals surface area contributed by atoms with Crippen LogP contribution in [0.3, 0.4) is 0 Å². The first-order chi connectivity index (χ1) is 8.51. The van der Waals surface area contributed by atoms with Crippen LogP contribution in [-0.4, -0.2) is 13.1 Å². The summed E-state index contributed by atoms with van der Waals surface area (Å²) in [6, 6.07) is 3.67. The van der Waals surface area contributed by atoms with Gasteiger partial charge >= 0.3 is 0 Å². The lowest BCUT2D eigenvalue weighted by molar-refractivity contribution is 0.302. The topological polar surface area (TPSA) is 12.0 Å². The maximum absolute atomic E-state index is 13.5. The van der Waals surface area contributed by atoms with Crippen molar-refractivity contribution in [2.75, 3.05) is 13.1 Å². The van der Waals surface area contributed by atoms with Gasteiger partial charge < -0.3 is 5.32 Å². The molecule has 1 aromatic rings. The van der Waals surface area contributed by atoms with Gasteiger partial charge in [0.25, 0.3) is 0 Å². The van der Waals surface area contributed by atoms with Crippen LogP contribution in [0.5, 0.6) is 0 Å². The summed E-state index contributed by atoms with van der Waals surface area (Å²) in [5.74, 6) is 1.06. The average Bonchev–Trinajstić information content (AvgIpc) is 2.22. The third-order valence-corrected chi connectivity index (χ3v) is 3.56. The third-order valence-electron chi connectivity index (χ3n) is 3.56. The SMILES string of the molecule is CCC.Cc1cc(C)c([C@H](C)C2CNC2)cc1F.[HH]. The summed E-state index contributed by atoms with van der Waals surface area (Å²) in [7, 11) is 0. The van der Waals surface area contributed by atoms with Gasteiger partial charge in [-0.05, 0) is 61.5 Å². The number of aryl methyl sites for hydroxylation is 2. The minimum atomic E-state index is -0.0743. The summed E-state index contributed by atoms with van der Waals surface area (Å²) in [6.07, 6.45) is 1.25. The van der Waals surface area contributed by atoms with Crippen molar-refractivity contribution in [1.82, 2.24) is 5.32 Å². The number of benzene rings is 1. The van der Waals surface area contributed by atoms with E-state index in [-0.39, 0.29) is 7.24 Å². The van der Waals surface area contributed by atoms with Gasteiger partial charge in [0, 0.05) is 1.43 Å². The standard InChI is InChI=1S/C13H18FN.C3H8.H2/c1-8-4-9(2)13(14)5-12(8)10(3)11-6-15-7-11;1-3-2;/h4-5,10-11,15H,6-7H2,1-3H3;3H2,1-2H3;1H/t10-;;/m1../s1. The second-order valence-corrected chi connectivity index (χ2v) is 5.37. The van der Waals surface area contributed by atoms with Crippen LogP contribution < -0.4 is 5.32 Å². The van der Waals surface area contributed by atoms with E-state index in [1.165, 1.54) is 17.5 Å². The lowest BCUT2D eigenvalue weighted by Gasteiger charge is -2.33. The molecule has 1 aromatic carbocycles. The van der Waals surface area contributed by atoms with Gasteiger partial charge in [0.15, 0.2) is 0 Å². The van der Waals surface area contributed by atoms with Gasteiger partial charge in [-0.15, -0.1) is 0 Å². The van der Waals surface area contributed by atoms with Crippen LogP contribution in [0.4, 0.5) is 4.39 Å². The van der Waals surface area contributed by atoms with Crippen molar-refractivity contribution in [1.29, 1.82) is 0 Å². The highest BCUT2D eigenvalue weighted by molar-refractivity contribution is 5.34. The van der Waals surface area contributed by atoms with Crippen LogP contribution in [0.2, 0.25) is 0 Å². The Kier molecular flexibility index (Phi) is 5.80. The fourth-order valence-corrected chi connectivity index (χ4v) is 2.25. The molecule has 2 heteroatoms. The highest BCUT2D eigenvalue weighted by Gasteiger charge is 2.26. The van der Waals surface area contributed by atoms with Crippen molar-refractivity contribution in [3.8, 4) is 0 Å². The van der Waals surface area contributed by atoms with Gasteiger partial charge in [0.05, 0.1) is 0 Å². The molecule has 0 aliphatic carbocycles. The Hall–Kier alpha value is -0.890. The lowest BCUT2D eigenvalue weighted by atomic mass is 9.81. The lowest BCUT2D eigenvalue weighted by Crippen LogP contribution is -2.44. The van der Waals surface area contributed by atoms with E-state index in [1.54, 1.807) is 6.07 Å². The van der Waals surface area contributed by atoms with Crippen molar-refractivity contribution in [2.45, 2.75) is 47.0 Å². The maximum atomic E-state index is 13.5. The van der Waals surface area contributed by atoms with E-state index in [0.717, 1.165) is 18.7 Å². The Morgan fingerprint density at radius 3 is 2.28 bits per heavy atom.